The summed E-state index contributed by atoms with van der Waals surface area (Å²) >= 11 is 0. The lowest BCUT2D eigenvalue weighted by atomic mass is 9.99. The largest absolute Gasteiger partial charge is 0.459 e. The van der Waals surface area contributed by atoms with Crippen LogP contribution < -0.4 is 16.2 Å². The monoisotopic (exact) mass is 402 g/mol. The quantitative estimate of drug-likeness (QED) is 0.313. The lowest BCUT2D eigenvalue weighted by molar-refractivity contribution is -0.277. The molecule has 1 fully saturated rings. The van der Waals surface area contributed by atoms with E-state index in [1.54, 1.807) is 12.1 Å². The van der Waals surface area contributed by atoms with Gasteiger partial charge in [0.2, 0.25) is 6.29 Å². The molecule has 3 rings (SSSR count). The first-order valence-electron chi connectivity index (χ1n) is 9.21. The number of ether oxygens (including phenoxy) is 2. The molecule has 8 nitrogen and oxygen atoms in total. The van der Waals surface area contributed by atoms with Crippen molar-refractivity contribution in [3.63, 3.8) is 0 Å². The fourth-order valence-corrected chi connectivity index (χ4v) is 3.10. The van der Waals surface area contributed by atoms with Crippen LogP contribution in [0.4, 0.5) is 11.4 Å². The smallest absolute Gasteiger partial charge is 0.229 e. The second kappa shape index (κ2) is 8.81. The van der Waals surface area contributed by atoms with Crippen LogP contribution in [-0.4, -0.2) is 57.7 Å². The van der Waals surface area contributed by atoms with Gasteiger partial charge in [-0.25, -0.2) is 0 Å². The molecule has 0 aliphatic carbocycles. The summed E-state index contributed by atoms with van der Waals surface area (Å²) in [6, 6.07) is 11.0. The highest BCUT2D eigenvalue weighted by atomic mass is 16.7. The van der Waals surface area contributed by atoms with E-state index in [0.717, 1.165) is 11.1 Å². The van der Waals surface area contributed by atoms with Gasteiger partial charge in [-0.1, -0.05) is 42.0 Å². The molecule has 8 N–H and O–H groups in total. The first-order chi connectivity index (χ1) is 13.8. The minimum Gasteiger partial charge on any atom is -0.459 e. The standard InChI is InChI=1S/C21H26N2O6/c1-11-2-4-12(5-3-11)6-7-13-8-14(22)9-15(23)20(13)29-21-19(27)18(26)17(25)16(10-24)28-21/h2-9,16-19,21,24-27H,10,22-23H2,1H3/b7-6+/t16-,17-,18+,19-,21?/m1/s1. The summed E-state index contributed by atoms with van der Waals surface area (Å²) in [6.07, 6.45) is -3.38. The van der Waals surface area contributed by atoms with Gasteiger partial charge >= 0.3 is 0 Å². The lowest BCUT2D eigenvalue weighted by Crippen LogP contribution is -2.60. The third-order valence-electron chi connectivity index (χ3n) is 4.78. The van der Waals surface area contributed by atoms with E-state index in [9.17, 15) is 20.4 Å². The predicted molar refractivity (Wildman–Crippen MR) is 110 cm³/mol. The van der Waals surface area contributed by atoms with Crippen LogP contribution in [0.15, 0.2) is 36.4 Å². The van der Waals surface area contributed by atoms with Crippen molar-refractivity contribution in [2.24, 2.45) is 0 Å². The summed E-state index contributed by atoms with van der Waals surface area (Å²) in [5.74, 6) is 0.201. The van der Waals surface area contributed by atoms with E-state index in [0.29, 0.717) is 11.3 Å². The zero-order valence-corrected chi connectivity index (χ0v) is 16.0. The van der Waals surface area contributed by atoms with Crippen LogP contribution in [-0.2, 0) is 4.74 Å². The predicted octanol–water partition coefficient (Wildman–Crippen LogP) is 0.509. The van der Waals surface area contributed by atoms with Gasteiger partial charge in [-0.15, -0.1) is 0 Å². The van der Waals surface area contributed by atoms with Crippen LogP contribution in [0.2, 0.25) is 0 Å². The molecule has 0 spiro atoms. The number of aliphatic hydroxyl groups is 4. The Balaban J connectivity index is 1.89. The summed E-state index contributed by atoms with van der Waals surface area (Å²) in [6.45, 7) is 1.45. The number of benzene rings is 2. The second-order valence-corrected chi connectivity index (χ2v) is 7.09. The highest BCUT2D eigenvalue weighted by molar-refractivity contribution is 5.79. The average Bonchev–Trinajstić information content (AvgIpc) is 2.69. The van der Waals surface area contributed by atoms with Crippen molar-refractivity contribution in [3.8, 4) is 5.75 Å². The molecule has 5 atom stereocenters. The van der Waals surface area contributed by atoms with Gasteiger partial charge < -0.3 is 41.4 Å². The zero-order valence-electron chi connectivity index (χ0n) is 16.0. The molecule has 1 saturated heterocycles. The van der Waals surface area contributed by atoms with Crippen LogP contribution in [0.25, 0.3) is 12.2 Å². The van der Waals surface area contributed by atoms with E-state index >= 15 is 0 Å². The number of nitrogens with two attached hydrogens (primary N) is 2. The maximum Gasteiger partial charge on any atom is 0.229 e. The summed E-state index contributed by atoms with van der Waals surface area (Å²) in [5.41, 5.74) is 15.2. The molecule has 8 heteroatoms. The van der Waals surface area contributed by atoms with Gasteiger partial charge in [0.05, 0.1) is 12.3 Å². The van der Waals surface area contributed by atoms with E-state index in [4.69, 9.17) is 20.9 Å². The molecule has 1 unspecified atom stereocenters. The molecule has 1 heterocycles. The minimum absolute atomic E-state index is 0.201. The number of hydrogen-bond donors (Lipinski definition) is 6. The van der Waals surface area contributed by atoms with Crippen molar-refractivity contribution in [3.05, 3.63) is 53.1 Å². The molecule has 156 valence electrons. The van der Waals surface area contributed by atoms with Gasteiger partial charge in [0.15, 0.2) is 5.75 Å². The number of rotatable bonds is 5. The van der Waals surface area contributed by atoms with Gasteiger partial charge in [-0.2, -0.15) is 0 Å². The molecule has 0 saturated carbocycles. The average molecular weight is 402 g/mol. The number of anilines is 2. The fourth-order valence-electron chi connectivity index (χ4n) is 3.10. The molecule has 2 aromatic rings. The van der Waals surface area contributed by atoms with Gasteiger partial charge in [-0.3, -0.25) is 0 Å². The maximum absolute atomic E-state index is 10.2. The Bertz CT molecular complexity index is 868. The van der Waals surface area contributed by atoms with Crippen LogP contribution in [0.3, 0.4) is 0 Å². The van der Waals surface area contributed by atoms with Gasteiger partial charge in [0, 0.05) is 11.3 Å². The molecule has 2 aromatic carbocycles. The molecule has 29 heavy (non-hydrogen) atoms. The molecule has 0 radical (unpaired) electrons. The first-order valence-corrected chi connectivity index (χ1v) is 9.21. The second-order valence-electron chi connectivity index (χ2n) is 7.09. The highest BCUT2D eigenvalue weighted by Crippen LogP contribution is 2.34. The number of hydrogen-bond acceptors (Lipinski definition) is 8. The van der Waals surface area contributed by atoms with Crippen molar-refractivity contribution in [1.82, 2.24) is 0 Å². The highest BCUT2D eigenvalue weighted by Gasteiger charge is 2.45. The Kier molecular flexibility index (Phi) is 6.41. The van der Waals surface area contributed by atoms with E-state index < -0.39 is 37.3 Å². The zero-order chi connectivity index (χ0) is 21.1. The lowest BCUT2D eigenvalue weighted by Gasteiger charge is -2.39. The summed E-state index contributed by atoms with van der Waals surface area (Å²) < 4.78 is 11.2. The summed E-state index contributed by atoms with van der Waals surface area (Å²) in [7, 11) is 0. The van der Waals surface area contributed by atoms with E-state index in [2.05, 4.69) is 0 Å². The Morgan fingerprint density at radius 3 is 2.34 bits per heavy atom. The third kappa shape index (κ3) is 4.69. The van der Waals surface area contributed by atoms with Crippen LogP contribution in [0.1, 0.15) is 16.7 Å². The Labute approximate surface area is 168 Å². The van der Waals surface area contributed by atoms with Crippen molar-refractivity contribution >= 4 is 23.5 Å². The Morgan fingerprint density at radius 2 is 1.69 bits per heavy atom. The van der Waals surface area contributed by atoms with Crippen LogP contribution >= 0.6 is 0 Å². The minimum atomic E-state index is -1.55. The van der Waals surface area contributed by atoms with Crippen LogP contribution in [0.5, 0.6) is 5.75 Å². The van der Waals surface area contributed by atoms with Crippen molar-refractivity contribution in [2.45, 2.75) is 37.6 Å². The van der Waals surface area contributed by atoms with Crippen molar-refractivity contribution in [1.29, 1.82) is 0 Å². The molecule has 0 aromatic heterocycles. The summed E-state index contributed by atoms with van der Waals surface area (Å²) in [5, 5.41) is 39.4. The van der Waals surface area contributed by atoms with Crippen LogP contribution in [0, 0.1) is 6.92 Å². The molecule has 0 amide bonds. The van der Waals surface area contributed by atoms with E-state index in [1.807, 2.05) is 37.3 Å². The fraction of sp³-hybridized carbons (Fsp3) is 0.333. The number of nitrogen functional groups attached to an aromatic ring is 2. The van der Waals surface area contributed by atoms with Gasteiger partial charge in [-0.05, 0) is 24.6 Å². The topological polar surface area (TPSA) is 151 Å². The van der Waals surface area contributed by atoms with E-state index in [-0.39, 0.29) is 11.4 Å². The summed E-state index contributed by atoms with van der Waals surface area (Å²) in [4.78, 5) is 0. The molecule has 1 aliphatic rings. The molecular formula is C21H26N2O6. The van der Waals surface area contributed by atoms with Gasteiger partial charge in [0.1, 0.15) is 24.4 Å². The van der Waals surface area contributed by atoms with E-state index in [1.165, 1.54) is 6.07 Å². The molecule has 1 aliphatic heterocycles. The Hall–Kier alpha value is -2.62. The van der Waals surface area contributed by atoms with Gasteiger partial charge in [0.25, 0.3) is 0 Å². The van der Waals surface area contributed by atoms with Crippen molar-refractivity contribution in [2.75, 3.05) is 18.1 Å². The number of aliphatic hydroxyl groups excluding tert-OH is 4. The third-order valence-corrected chi connectivity index (χ3v) is 4.78. The SMILES string of the molecule is Cc1ccc(/C=C/c2cc(N)cc(N)c2OC2O[C@H](CO)[C@@H](O)[C@H](O)[C@H]2O)cc1. The molecular weight excluding hydrogens is 376 g/mol. The molecule has 0 bridgehead atoms. The Morgan fingerprint density at radius 1 is 1.00 bits per heavy atom. The maximum atomic E-state index is 10.2. The van der Waals surface area contributed by atoms with Crippen molar-refractivity contribution < 1.29 is 29.9 Å². The number of aryl methyl sites for hydroxylation is 1. The first kappa shape index (κ1) is 21.1. The normalized spacial score (nSPS) is 27.3.